The van der Waals surface area contributed by atoms with E-state index in [9.17, 15) is 14.7 Å². The predicted octanol–water partition coefficient (Wildman–Crippen LogP) is 0.934. The Bertz CT molecular complexity index is 352. The zero-order valence-corrected chi connectivity index (χ0v) is 7.52. The SMILES string of the molecule is CC1(C(=O)O)C=C(O)C=C(C(=O)O)C1. The second-order valence-electron chi connectivity index (χ2n) is 3.44. The molecule has 0 aliphatic heterocycles. The van der Waals surface area contributed by atoms with Crippen LogP contribution in [0, 0.1) is 5.41 Å². The molecule has 5 heteroatoms. The van der Waals surface area contributed by atoms with Crippen molar-refractivity contribution in [1.29, 1.82) is 0 Å². The summed E-state index contributed by atoms with van der Waals surface area (Å²) in [5.74, 6) is -2.69. The number of aliphatic carboxylic acids is 2. The highest BCUT2D eigenvalue weighted by Crippen LogP contribution is 2.33. The van der Waals surface area contributed by atoms with Gasteiger partial charge in [0.05, 0.1) is 5.41 Å². The molecule has 1 aliphatic carbocycles. The molecule has 0 saturated heterocycles. The lowest BCUT2D eigenvalue weighted by molar-refractivity contribution is -0.145. The average molecular weight is 198 g/mol. The minimum Gasteiger partial charge on any atom is -0.508 e. The Balaban J connectivity index is 3.08. The molecule has 0 heterocycles. The van der Waals surface area contributed by atoms with Crippen molar-refractivity contribution in [3.63, 3.8) is 0 Å². The average Bonchev–Trinajstić information content (AvgIpc) is 2.02. The van der Waals surface area contributed by atoms with Crippen molar-refractivity contribution >= 4 is 11.9 Å². The van der Waals surface area contributed by atoms with E-state index in [0.29, 0.717) is 0 Å². The molecule has 0 aromatic rings. The van der Waals surface area contributed by atoms with E-state index in [-0.39, 0.29) is 17.8 Å². The van der Waals surface area contributed by atoms with Crippen LogP contribution in [0.15, 0.2) is 23.5 Å². The van der Waals surface area contributed by atoms with Gasteiger partial charge in [0.1, 0.15) is 5.76 Å². The standard InChI is InChI=1S/C9H10O5/c1-9(8(13)14)3-5(7(11)12)2-6(10)4-9/h2,4,10H,3H2,1H3,(H,11,12)(H,13,14). The number of carboxylic acids is 2. The van der Waals surface area contributed by atoms with E-state index >= 15 is 0 Å². The molecule has 0 amide bonds. The Hall–Kier alpha value is -1.78. The van der Waals surface area contributed by atoms with Gasteiger partial charge in [0.2, 0.25) is 0 Å². The van der Waals surface area contributed by atoms with E-state index in [2.05, 4.69) is 0 Å². The molecule has 0 aromatic carbocycles. The quantitative estimate of drug-likeness (QED) is 0.613. The zero-order chi connectivity index (χ0) is 10.9. The van der Waals surface area contributed by atoms with E-state index in [1.165, 1.54) is 6.92 Å². The summed E-state index contributed by atoms with van der Waals surface area (Å²) in [5.41, 5.74) is -1.44. The lowest BCUT2D eigenvalue weighted by Gasteiger charge is -2.24. The normalized spacial score (nSPS) is 26.4. The Morgan fingerprint density at radius 2 is 2.00 bits per heavy atom. The summed E-state index contributed by atoms with van der Waals surface area (Å²) in [6.45, 7) is 1.36. The summed E-state index contributed by atoms with van der Waals surface area (Å²) in [4.78, 5) is 21.4. The van der Waals surface area contributed by atoms with Gasteiger partial charge in [-0.15, -0.1) is 0 Å². The molecule has 0 bridgehead atoms. The van der Waals surface area contributed by atoms with Crippen LogP contribution in [0.4, 0.5) is 0 Å². The first-order valence-electron chi connectivity index (χ1n) is 3.94. The minimum absolute atomic E-state index is 0.102. The maximum absolute atomic E-state index is 10.8. The Morgan fingerprint density at radius 3 is 2.43 bits per heavy atom. The van der Waals surface area contributed by atoms with Crippen LogP contribution < -0.4 is 0 Å². The molecule has 1 atom stereocenters. The van der Waals surface area contributed by atoms with Gasteiger partial charge in [-0.25, -0.2) is 4.79 Å². The molecule has 1 rings (SSSR count). The van der Waals surface area contributed by atoms with Gasteiger partial charge in [-0.1, -0.05) is 0 Å². The summed E-state index contributed by atoms with van der Waals surface area (Å²) in [6, 6.07) is 0. The van der Waals surface area contributed by atoms with Crippen molar-refractivity contribution in [3.05, 3.63) is 23.5 Å². The smallest absolute Gasteiger partial charge is 0.331 e. The van der Waals surface area contributed by atoms with E-state index < -0.39 is 17.4 Å². The van der Waals surface area contributed by atoms with Gasteiger partial charge in [-0.05, 0) is 25.5 Å². The van der Waals surface area contributed by atoms with Gasteiger partial charge < -0.3 is 15.3 Å². The van der Waals surface area contributed by atoms with Crippen molar-refractivity contribution in [1.82, 2.24) is 0 Å². The van der Waals surface area contributed by atoms with Gasteiger partial charge in [0.15, 0.2) is 0 Å². The zero-order valence-electron chi connectivity index (χ0n) is 7.52. The van der Waals surface area contributed by atoms with E-state index in [1.807, 2.05) is 0 Å². The van der Waals surface area contributed by atoms with Gasteiger partial charge in [0, 0.05) is 5.57 Å². The third-order valence-electron chi connectivity index (χ3n) is 2.11. The first kappa shape index (κ1) is 10.3. The number of hydrogen-bond acceptors (Lipinski definition) is 3. The number of allylic oxidation sites excluding steroid dienone is 1. The van der Waals surface area contributed by atoms with Gasteiger partial charge >= 0.3 is 11.9 Å². The van der Waals surface area contributed by atoms with Crippen LogP contribution in [0.5, 0.6) is 0 Å². The fourth-order valence-corrected chi connectivity index (χ4v) is 1.32. The maximum Gasteiger partial charge on any atom is 0.331 e. The fourth-order valence-electron chi connectivity index (χ4n) is 1.32. The highest BCUT2D eigenvalue weighted by Gasteiger charge is 2.36. The summed E-state index contributed by atoms with van der Waals surface area (Å²) >= 11 is 0. The van der Waals surface area contributed by atoms with Crippen LogP contribution in [-0.2, 0) is 9.59 Å². The topological polar surface area (TPSA) is 94.8 Å². The van der Waals surface area contributed by atoms with Crippen LogP contribution in [0.25, 0.3) is 0 Å². The van der Waals surface area contributed by atoms with Gasteiger partial charge in [0.25, 0.3) is 0 Å². The molecule has 0 spiro atoms. The predicted molar refractivity (Wildman–Crippen MR) is 46.8 cm³/mol. The summed E-state index contributed by atoms with van der Waals surface area (Å²) < 4.78 is 0. The van der Waals surface area contributed by atoms with Gasteiger partial charge in [-0.3, -0.25) is 4.79 Å². The van der Waals surface area contributed by atoms with Crippen molar-refractivity contribution in [2.45, 2.75) is 13.3 Å². The Kier molecular flexibility index (Phi) is 2.33. The van der Waals surface area contributed by atoms with Crippen LogP contribution in [0.2, 0.25) is 0 Å². The second kappa shape index (κ2) is 3.17. The van der Waals surface area contributed by atoms with Crippen LogP contribution in [0.1, 0.15) is 13.3 Å². The molecule has 0 fully saturated rings. The summed E-state index contributed by atoms with van der Waals surface area (Å²) in [6.07, 6.45) is 2.08. The molecule has 3 N–H and O–H groups in total. The third kappa shape index (κ3) is 1.76. The number of aliphatic hydroxyl groups excluding tert-OH is 1. The Labute approximate surface area is 80.0 Å². The summed E-state index contributed by atoms with van der Waals surface area (Å²) in [5, 5.41) is 26.7. The lowest BCUT2D eigenvalue weighted by atomic mass is 9.79. The first-order valence-corrected chi connectivity index (χ1v) is 3.94. The number of carboxylic acid groups (broad SMARTS) is 2. The summed E-state index contributed by atoms with van der Waals surface area (Å²) in [7, 11) is 0. The second-order valence-corrected chi connectivity index (χ2v) is 3.44. The van der Waals surface area contributed by atoms with Crippen LogP contribution >= 0.6 is 0 Å². The van der Waals surface area contributed by atoms with E-state index in [0.717, 1.165) is 12.2 Å². The highest BCUT2D eigenvalue weighted by molar-refractivity contribution is 5.90. The Morgan fingerprint density at radius 1 is 1.43 bits per heavy atom. The van der Waals surface area contributed by atoms with Crippen molar-refractivity contribution in [2.75, 3.05) is 0 Å². The van der Waals surface area contributed by atoms with Gasteiger partial charge in [-0.2, -0.15) is 0 Å². The van der Waals surface area contributed by atoms with Crippen LogP contribution in [0.3, 0.4) is 0 Å². The van der Waals surface area contributed by atoms with E-state index in [4.69, 9.17) is 10.2 Å². The van der Waals surface area contributed by atoms with Crippen molar-refractivity contribution in [2.24, 2.45) is 5.41 Å². The molecule has 14 heavy (non-hydrogen) atoms. The minimum atomic E-state index is -1.34. The third-order valence-corrected chi connectivity index (χ3v) is 2.11. The maximum atomic E-state index is 10.8. The first-order chi connectivity index (χ1) is 6.35. The highest BCUT2D eigenvalue weighted by atomic mass is 16.4. The molecule has 0 aromatic heterocycles. The molecule has 0 saturated carbocycles. The number of aliphatic hydroxyl groups is 1. The monoisotopic (exact) mass is 198 g/mol. The molecular formula is C9H10O5. The van der Waals surface area contributed by atoms with E-state index in [1.54, 1.807) is 0 Å². The fraction of sp³-hybridized carbons (Fsp3) is 0.333. The molecule has 5 nitrogen and oxygen atoms in total. The molecule has 0 radical (unpaired) electrons. The number of carbonyl (C=O) groups is 2. The lowest BCUT2D eigenvalue weighted by Crippen LogP contribution is -2.29. The van der Waals surface area contributed by atoms with Crippen molar-refractivity contribution < 1.29 is 24.9 Å². The largest absolute Gasteiger partial charge is 0.508 e. The van der Waals surface area contributed by atoms with Crippen molar-refractivity contribution in [3.8, 4) is 0 Å². The van der Waals surface area contributed by atoms with Crippen LogP contribution in [-0.4, -0.2) is 27.3 Å². The molecule has 1 unspecified atom stereocenters. The molecule has 1 aliphatic rings. The molecule has 76 valence electrons. The molecular weight excluding hydrogens is 188 g/mol. The number of rotatable bonds is 2. The number of hydrogen-bond donors (Lipinski definition) is 3.